The molecule has 4 heteroatoms. The van der Waals surface area contributed by atoms with Gasteiger partial charge in [-0.05, 0) is 191 Å². The quantitative estimate of drug-likeness (QED) is 0.0356. The Kier molecular flexibility index (Phi) is 28.4. The highest BCUT2D eigenvalue weighted by Gasteiger charge is 2.43. The van der Waals surface area contributed by atoms with E-state index in [0.29, 0.717) is 11.8 Å². The molecule has 4 aromatic carbocycles. The maximum absolute atomic E-state index is 6.33. The lowest BCUT2D eigenvalue weighted by molar-refractivity contribution is 0.274. The van der Waals surface area contributed by atoms with Crippen LogP contribution in [0, 0.1) is 35.5 Å². The molecule has 83 heavy (non-hydrogen) atoms. The van der Waals surface area contributed by atoms with Gasteiger partial charge in [-0.25, -0.2) is 0 Å². The molecule has 0 N–H and O–H groups in total. The molecule has 0 saturated heterocycles. The van der Waals surface area contributed by atoms with Crippen LogP contribution >= 0.6 is 22.7 Å². The summed E-state index contributed by atoms with van der Waals surface area (Å²) in [6.07, 6.45) is 36.7. The summed E-state index contributed by atoms with van der Waals surface area (Å²) >= 11 is 3.87. The first-order valence-corrected chi connectivity index (χ1v) is 35.9. The van der Waals surface area contributed by atoms with Crippen LogP contribution in [0.15, 0.2) is 109 Å². The highest BCUT2D eigenvalue weighted by Crippen LogP contribution is 2.56. The lowest BCUT2D eigenvalue weighted by atomic mass is 9.70. The third-order valence-corrected chi connectivity index (χ3v) is 21.2. The van der Waals surface area contributed by atoms with E-state index in [0.717, 1.165) is 61.2 Å². The molecule has 0 saturated carbocycles. The van der Waals surface area contributed by atoms with E-state index in [9.17, 15) is 0 Å². The zero-order valence-electron chi connectivity index (χ0n) is 54.2. The molecule has 0 spiro atoms. The minimum Gasteiger partial charge on any atom is -0.494 e. The van der Waals surface area contributed by atoms with E-state index in [2.05, 4.69) is 178 Å². The minimum absolute atomic E-state index is 0.00936. The van der Waals surface area contributed by atoms with Gasteiger partial charge in [0.25, 0.3) is 0 Å². The Balaban J connectivity index is 1.03. The number of benzene rings is 4. The minimum atomic E-state index is -0.00936. The van der Waals surface area contributed by atoms with Gasteiger partial charge in [-0.3, -0.25) is 0 Å². The van der Waals surface area contributed by atoms with E-state index >= 15 is 0 Å². The van der Waals surface area contributed by atoms with Crippen molar-refractivity contribution in [1.82, 2.24) is 0 Å². The monoisotopic (exact) mass is 1160 g/mol. The summed E-state index contributed by atoms with van der Waals surface area (Å²) in [5, 5.41) is 0. The second-order valence-electron chi connectivity index (χ2n) is 27.2. The van der Waals surface area contributed by atoms with E-state index in [1.807, 2.05) is 22.7 Å². The van der Waals surface area contributed by atoms with Crippen molar-refractivity contribution in [3.8, 4) is 64.4 Å². The van der Waals surface area contributed by atoms with Gasteiger partial charge in [0.2, 0.25) is 0 Å². The number of fused-ring (bicyclic) bond motifs is 3. The van der Waals surface area contributed by atoms with Crippen LogP contribution in [0.2, 0.25) is 0 Å². The van der Waals surface area contributed by atoms with Crippen molar-refractivity contribution in [3.05, 3.63) is 120 Å². The second kappa shape index (κ2) is 35.5. The van der Waals surface area contributed by atoms with Crippen LogP contribution < -0.4 is 9.47 Å². The average Bonchev–Trinajstić information content (AvgIpc) is 2.34. The Bertz CT molecular complexity index is 2530. The van der Waals surface area contributed by atoms with Crippen molar-refractivity contribution in [3.63, 3.8) is 0 Å². The number of hydrogen-bond acceptors (Lipinski definition) is 4. The summed E-state index contributed by atoms with van der Waals surface area (Å²) in [6, 6.07) is 42.3. The molecule has 2 aromatic heterocycles. The number of hydrogen-bond donors (Lipinski definition) is 0. The van der Waals surface area contributed by atoms with Crippen LogP contribution in [0.4, 0.5) is 0 Å². The SMILES string of the molecule is CCCCCCCCC1(CCCCCCCC)c2cc(-c3ccc(-c4ccc(OCCC(C)CCCC(C)CCCC(C)C)cc4)s3)ccc2-c2ccc(-c3ccc(-c4ccc(OCCC(C)CCCC(C)CCCC(C)C)cc4)s3)cc21. The Morgan fingerprint density at radius 3 is 1.00 bits per heavy atom. The maximum atomic E-state index is 6.33. The van der Waals surface area contributed by atoms with Crippen molar-refractivity contribution < 1.29 is 9.47 Å². The zero-order chi connectivity index (χ0) is 58.8. The Hall–Kier alpha value is -4.12. The van der Waals surface area contributed by atoms with Crippen LogP contribution in [0.1, 0.15) is 260 Å². The van der Waals surface area contributed by atoms with Gasteiger partial charge in [-0.1, -0.05) is 248 Å². The highest BCUT2D eigenvalue weighted by atomic mass is 32.1. The fraction of sp³-hybridized carbons (Fsp3) is 0.595. The molecular weight excluding hydrogens is 1050 g/mol. The van der Waals surface area contributed by atoms with Crippen molar-refractivity contribution in [1.29, 1.82) is 0 Å². The predicted molar refractivity (Wildman–Crippen MR) is 368 cm³/mol. The van der Waals surface area contributed by atoms with Gasteiger partial charge >= 0.3 is 0 Å². The first kappa shape index (κ1) is 66.4. The van der Waals surface area contributed by atoms with Crippen LogP contribution in [0.25, 0.3) is 52.9 Å². The summed E-state index contributed by atoms with van der Waals surface area (Å²) in [5.41, 5.74) is 11.3. The van der Waals surface area contributed by atoms with Gasteiger partial charge in [0.05, 0.1) is 13.2 Å². The van der Waals surface area contributed by atoms with E-state index in [1.54, 1.807) is 11.1 Å². The van der Waals surface area contributed by atoms with Crippen molar-refractivity contribution >= 4 is 22.7 Å². The van der Waals surface area contributed by atoms with Gasteiger partial charge in [0, 0.05) is 24.9 Å². The average molecular weight is 1160 g/mol. The molecule has 4 unspecified atom stereocenters. The van der Waals surface area contributed by atoms with E-state index in [-0.39, 0.29) is 5.41 Å². The van der Waals surface area contributed by atoms with Crippen LogP contribution in [-0.2, 0) is 5.41 Å². The fourth-order valence-corrected chi connectivity index (χ4v) is 15.3. The topological polar surface area (TPSA) is 18.5 Å². The maximum Gasteiger partial charge on any atom is 0.119 e. The smallest absolute Gasteiger partial charge is 0.119 e. The highest BCUT2D eigenvalue weighted by molar-refractivity contribution is 7.19. The number of thiophene rings is 2. The largest absolute Gasteiger partial charge is 0.494 e. The summed E-state index contributed by atoms with van der Waals surface area (Å²) in [7, 11) is 0. The Labute approximate surface area is 516 Å². The lowest BCUT2D eigenvalue weighted by Crippen LogP contribution is -2.25. The molecule has 454 valence electrons. The third-order valence-electron chi connectivity index (χ3n) is 18.8. The molecule has 7 rings (SSSR count). The number of unbranched alkanes of at least 4 members (excludes halogenated alkanes) is 10. The molecule has 6 aromatic rings. The Morgan fingerprint density at radius 2 is 0.639 bits per heavy atom. The second-order valence-corrected chi connectivity index (χ2v) is 29.4. The molecule has 0 radical (unpaired) electrons. The van der Waals surface area contributed by atoms with Crippen LogP contribution in [-0.4, -0.2) is 13.2 Å². The van der Waals surface area contributed by atoms with E-state index in [4.69, 9.17) is 9.47 Å². The summed E-state index contributed by atoms with van der Waals surface area (Å²) in [6.45, 7) is 25.3. The molecule has 0 fully saturated rings. The van der Waals surface area contributed by atoms with Gasteiger partial charge < -0.3 is 9.47 Å². The van der Waals surface area contributed by atoms with Gasteiger partial charge in [0.1, 0.15) is 11.5 Å². The molecule has 2 heterocycles. The van der Waals surface area contributed by atoms with Crippen LogP contribution in [0.3, 0.4) is 0 Å². The number of ether oxygens (including phenoxy) is 2. The normalized spacial score (nSPS) is 14.3. The van der Waals surface area contributed by atoms with Crippen LogP contribution in [0.5, 0.6) is 11.5 Å². The zero-order valence-corrected chi connectivity index (χ0v) is 55.8. The molecule has 2 nitrogen and oxygen atoms in total. The summed E-state index contributed by atoms with van der Waals surface area (Å²) in [4.78, 5) is 5.34. The molecular formula is C79H114O2S2. The summed E-state index contributed by atoms with van der Waals surface area (Å²) < 4.78 is 12.7. The van der Waals surface area contributed by atoms with E-state index < -0.39 is 0 Å². The molecule has 4 atom stereocenters. The molecule has 0 bridgehead atoms. The predicted octanol–water partition coefficient (Wildman–Crippen LogP) is 26.3. The molecule has 1 aliphatic carbocycles. The fourth-order valence-electron chi connectivity index (χ4n) is 13.3. The molecule has 1 aliphatic rings. The first-order valence-electron chi connectivity index (χ1n) is 34.3. The van der Waals surface area contributed by atoms with Crippen molar-refractivity contribution in [2.24, 2.45) is 35.5 Å². The summed E-state index contributed by atoms with van der Waals surface area (Å²) in [5.74, 6) is 6.70. The van der Waals surface area contributed by atoms with Crippen molar-refractivity contribution in [2.45, 2.75) is 254 Å². The van der Waals surface area contributed by atoms with E-state index in [1.165, 1.54) is 220 Å². The molecule has 0 amide bonds. The van der Waals surface area contributed by atoms with Crippen molar-refractivity contribution in [2.75, 3.05) is 13.2 Å². The Morgan fingerprint density at radius 1 is 0.325 bits per heavy atom. The first-order chi connectivity index (χ1) is 40.3. The molecule has 0 aliphatic heterocycles. The van der Waals surface area contributed by atoms with Gasteiger partial charge in [-0.2, -0.15) is 0 Å². The lowest BCUT2D eigenvalue weighted by Gasteiger charge is -2.33. The standard InChI is InChI=1S/C79H114O2S2/c1-11-13-15-17-19-21-53-79(54-22-20-18-16-14-12-2)73-57-67(77-49-47-75(82-77)65-35-41-69(42-36-65)80-55-51-63(9)33-25-31-61(7)29-23-27-59(3)4)39-45-71(73)72-46-40-68(58-74(72)79)78-50-48-76(83-78)66-37-43-70(44-38-66)81-56-52-64(10)34-26-32-62(8)30-24-28-60(5)6/h35-50,57-64H,11-34,51-56H2,1-10H3. The van der Waals surface area contributed by atoms with Gasteiger partial charge in [0.15, 0.2) is 0 Å². The number of rotatable bonds is 42. The van der Waals surface area contributed by atoms with Gasteiger partial charge in [-0.15, -0.1) is 22.7 Å². The third kappa shape index (κ3) is 21.1.